The summed E-state index contributed by atoms with van der Waals surface area (Å²) in [5.74, 6) is 0.178. The summed E-state index contributed by atoms with van der Waals surface area (Å²) in [6.07, 6.45) is 2.15. The molecule has 1 aromatic rings. The van der Waals surface area contributed by atoms with Crippen LogP contribution in [0.3, 0.4) is 0 Å². The van der Waals surface area contributed by atoms with Crippen LogP contribution in [0.2, 0.25) is 0 Å². The van der Waals surface area contributed by atoms with Crippen molar-refractivity contribution in [2.75, 3.05) is 12.5 Å². The molecule has 1 fully saturated rings. The molecule has 0 unspecified atom stereocenters. The minimum Gasteiger partial charge on any atom is -0.396 e. The van der Waals surface area contributed by atoms with Crippen LogP contribution in [0.4, 0.5) is 0 Å². The Hall–Kier alpha value is -1.11. The number of rotatable bonds is 3. The lowest BCUT2D eigenvalue weighted by molar-refractivity contribution is -0.0468. The number of alkyl halides is 1. The first-order chi connectivity index (χ1) is 9.02. The Morgan fingerprint density at radius 1 is 1.53 bits per heavy atom. The quantitative estimate of drug-likeness (QED) is 0.674. The molecule has 0 spiro atoms. The molecule has 19 heavy (non-hydrogen) atoms. The first-order valence-electron chi connectivity index (χ1n) is 6.19. The number of aromatic amines is 1. The van der Waals surface area contributed by atoms with Crippen molar-refractivity contribution in [3.05, 3.63) is 33.1 Å². The highest BCUT2D eigenvalue weighted by molar-refractivity contribution is 6.18. The molecule has 3 N–H and O–H groups in total. The maximum absolute atomic E-state index is 11.7. The van der Waals surface area contributed by atoms with Crippen molar-refractivity contribution < 1.29 is 10.2 Å². The maximum Gasteiger partial charge on any atom is 0.328 e. The molecule has 106 valence electrons. The molecule has 2 rings (SSSR count). The fourth-order valence-electron chi connectivity index (χ4n) is 2.60. The topological polar surface area (TPSA) is 95.3 Å². The summed E-state index contributed by atoms with van der Waals surface area (Å²) in [4.78, 5) is 24.9. The highest BCUT2D eigenvalue weighted by Crippen LogP contribution is 2.41. The van der Waals surface area contributed by atoms with Gasteiger partial charge in [0, 0.05) is 29.6 Å². The number of H-pyrrole nitrogens is 1. The zero-order valence-electron chi connectivity index (χ0n) is 10.4. The molecular formula is C12H17ClN2O4. The minimum atomic E-state index is -0.771. The van der Waals surface area contributed by atoms with Crippen LogP contribution < -0.4 is 11.2 Å². The molecule has 3 atom stereocenters. The van der Waals surface area contributed by atoms with Crippen LogP contribution >= 0.6 is 11.6 Å². The number of halogens is 1. The van der Waals surface area contributed by atoms with E-state index < -0.39 is 22.8 Å². The average molecular weight is 289 g/mol. The number of nitrogens with one attached hydrogen (secondary N) is 1. The molecule has 0 amide bonds. The van der Waals surface area contributed by atoms with Gasteiger partial charge in [-0.1, -0.05) is 0 Å². The number of aromatic nitrogens is 2. The number of hydrogen-bond donors (Lipinski definition) is 3. The lowest BCUT2D eigenvalue weighted by Gasteiger charge is -2.42. The van der Waals surface area contributed by atoms with Crippen LogP contribution in [0, 0.1) is 5.41 Å². The third-order valence-corrected chi connectivity index (χ3v) is 4.54. The summed E-state index contributed by atoms with van der Waals surface area (Å²) in [5, 5.41) is 19.6. The van der Waals surface area contributed by atoms with Crippen LogP contribution in [-0.4, -0.2) is 38.4 Å². The van der Waals surface area contributed by atoms with E-state index in [4.69, 9.17) is 11.6 Å². The first-order valence-corrected chi connectivity index (χ1v) is 6.72. The van der Waals surface area contributed by atoms with Crippen LogP contribution in [0.5, 0.6) is 0 Å². The molecular weight excluding hydrogens is 272 g/mol. The summed E-state index contributed by atoms with van der Waals surface area (Å²) in [6, 6.07) is 1.09. The first kappa shape index (κ1) is 14.3. The number of nitrogens with zero attached hydrogens (tertiary/aromatic N) is 1. The smallest absolute Gasteiger partial charge is 0.328 e. The molecule has 0 aromatic carbocycles. The average Bonchev–Trinajstić information content (AvgIpc) is 2.39. The molecule has 0 aliphatic heterocycles. The Kier molecular flexibility index (Phi) is 4.13. The normalized spacial score (nSPS) is 31.3. The molecule has 0 saturated heterocycles. The second kappa shape index (κ2) is 5.48. The van der Waals surface area contributed by atoms with E-state index in [9.17, 15) is 19.8 Å². The van der Waals surface area contributed by atoms with Crippen LogP contribution in [0.1, 0.15) is 25.3 Å². The van der Waals surface area contributed by atoms with Crippen molar-refractivity contribution in [1.82, 2.24) is 9.55 Å². The molecule has 1 aliphatic carbocycles. The van der Waals surface area contributed by atoms with E-state index in [1.807, 2.05) is 0 Å². The van der Waals surface area contributed by atoms with E-state index in [1.54, 1.807) is 0 Å². The largest absolute Gasteiger partial charge is 0.396 e. The number of hydrogen-bond acceptors (Lipinski definition) is 4. The third-order valence-electron chi connectivity index (χ3n) is 4.00. The van der Waals surface area contributed by atoms with E-state index in [0.29, 0.717) is 19.3 Å². The second-order valence-electron chi connectivity index (χ2n) is 5.12. The monoisotopic (exact) mass is 288 g/mol. The Balaban J connectivity index is 2.23. The predicted molar refractivity (Wildman–Crippen MR) is 70.5 cm³/mol. The van der Waals surface area contributed by atoms with Gasteiger partial charge in [0.15, 0.2) is 0 Å². The molecule has 1 aliphatic rings. The molecule has 1 heterocycles. The zero-order chi connectivity index (χ0) is 14.0. The predicted octanol–water partition coefficient (Wildman–Crippen LogP) is -0.160. The van der Waals surface area contributed by atoms with E-state index in [2.05, 4.69) is 4.98 Å². The van der Waals surface area contributed by atoms with Crippen LogP contribution in [0.25, 0.3) is 0 Å². The van der Waals surface area contributed by atoms with E-state index >= 15 is 0 Å². The van der Waals surface area contributed by atoms with E-state index in [-0.39, 0.29) is 18.5 Å². The van der Waals surface area contributed by atoms with Gasteiger partial charge in [-0.15, -0.1) is 11.6 Å². The van der Waals surface area contributed by atoms with E-state index in [1.165, 1.54) is 16.8 Å². The van der Waals surface area contributed by atoms with Crippen molar-refractivity contribution in [3.63, 3.8) is 0 Å². The Bertz CT molecular complexity index is 549. The van der Waals surface area contributed by atoms with Crippen molar-refractivity contribution in [1.29, 1.82) is 0 Å². The Morgan fingerprint density at radius 2 is 2.26 bits per heavy atom. The van der Waals surface area contributed by atoms with Gasteiger partial charge in [0.1, 0.15) is 0 Å². The van der Waals surface area contributed by atoms with Crippen LogP contribution in [0.15, 0.2) is 21.9 Å². The molecule has 1 saturated carbocycles. The van der Waals surface area contributed by atoms with Gasteiger partial charge >= 0.3 is 5.69 Å². The standard InChI is InChI=1S/C12H17ClN2O4/c13-6-12(7-16)3-1-8(5-9(12)17)15-4-2-10(18)14-11(15)19/h2,4,8-9,16-17H,1,3,5-7H2,(H,14,18,19)/t8-,9+,12+/m1/s1. The minimum absolute atomic E-state index is 0.176. The fourth-order valence-corrected chi connectivity index (χ4v) is 2.99. The lowest BCUT2D eigenvalue weighted by Crippen LogP contribution is -2.47. The van der Waals surface area contributed by atoms with Gasteiger partial charge in [0.05, 0.1) is 12.7 Å². The zero-order valence-corrected chi connectivity index (χ0v) is 11.1. The fraction of sp³-hybridized carbons (Fsp3) is 0.667. The number of aliphatic hydroxyl groups excluding tert-OH is 2. The van der Waals surface area contributed by atoms with Crippen molar-refractivity contribution in [2.45, 2.75) is 31.4 Å². The molecule has 7 heteroatoms. The van der Waals surface area contributed by atoms with Crippen molar-refractivity contribution in [3.8, 4) is 0 Å². The van der Waals surface area contributed by atoms with E-state index in [0.717, 1.165) is 0 Å². The van der Waals surface area contributed by atoms with Gasteiger partial charge in [-0.3, -0.25) is 14.3 Å². The molecule has 1 aromatic heterocycles. The molecule has 6 nitrogen and oxygen atoms in total. The van der Waals surface area contributed by atoms with Gasteiger partial charge in [0.2, 0.25) is 0 Å². The summed E-state index contributed by atoms with van der Waals surface area (Å²) in [5.41, 5.74) is -1.61. The van der Waals surface area contributed by atoms with Gasteiger partial charge in [0.25, 0.3) is 5.56 Å². The van der Waals surface area contributed by atoms with Gasteiger partial charge in [-0.05, 0) is 19.3 Å². The van der Waals surface area contributed by atoms with Crippen molar-refractivity contribution in [2.24, 2.45) is 5.41 Å². The summed E-state index contributed by atoms with van der Waals surface area (Å²) >= 11 is 5.84. The summed E-state index contributed by atoms with van der Waals surface area (Å²) in [7, 11) is 0. The van der Waals surface area contributed by atoms with Gasteiger partial charge < -0.3 is 10.2 Å². The summed E-state index contributed by atoms with van der Waals surface area (Å²) < 4.78 is 1.42. The highest BCUT2D eigenvalue weighted by Gasteiger charge is 2.42. The SMILES string of the molecule is O=c1ccn([C@@H]2CC[C@@](CO)(CCl)[C@@H](O)C2)c(=O)[nH]1. The number of aliphatic hydroxyl groups is 2. The maximum atomic E-state index is 11.7. The molecule has 0 bridgehead atoms. The Morgan fingerprint density at radius 3 is 2.79 bits per heavy atom. The van der Waals surface area contributed by atoms with Crippen molar-refractivity contribution >= 4 is 11.6 Å². The lowest BCUT2D eigenvalue weighted by atomic mass is 9.72. The summed E-state index contributed by atoms with van der Waals surface area (Å²) in [6.45, 7) is -0.176. The highest BCUT2D eigenvalue weighted by atomic mass is 35.5. The van der Waals surface area contributed by atoms with Gasteiger partial charge in [-0.25, -0.2) is 4.79 Å². The molecule has 0 radical (unpaired) electrons. The Labute approximate surface area is 114 Å². The van der Waals surface area contributed by atoms with Crippen LogP contribution in [-0.2, 0) is 0 Å². The third kappa shape index (κ3) is 2.61. The van der Waals surface area contributed by atoms with Gasteiger partial charge in [-0.2, -0.15) is 0 Å². The second-order valence-corrected chi connectivity index (χ2v) is 5.38.